The molecule has 0 aromatic heterocycles. The SMILES string of the molecule is O=C(CC1CCCO1)NCCCCCCCl. The molecule has 0 saturated carbocycles. The molecule has 1 rings (SSSR count). The van der Waals surface area contributed by atoms with Crippen LogP contribution in [0, 0.1) is 0 Å². The van der Waals surface area contributed by atoms with Gasteiger partial charge < -0.3 is 10.1 Å². The first-order chi connectivity index (χ1) is 7.83. The van der Waals surface area contributed by atoms with Crippen LogP contribution in [0.5, 0.6) is 0 Å². The zero-order valence-electron chi connectivity index (χ0n) is 9.84. The van der Waals surface area contributed by atoms with Crippen molar-refractivity contribution in [3.63, 3.8) is 0 Å². The predicted molar refractivity (Wildman–Crippen MR) is 65.8 cm³/mol. The van der Waals surface area contributed by atoms with E-state index >= 15 is 0 Å². The van der Waals surface area contributed by atoms with Gasteiger partial charge in [0, 0.05) is 19.0 Å². The normalized spacial score (nSPS) is 19.9. The molecule has 1 unspecified atom stereocenters. The molecule has 1 N–H and O–H groups in total. The first-order valence-corrected chi connectivity index (χ1v) is 6.80. The third-order valence-electron chi connectivity index (χ3n) is 2.82. The molecule has 1 aliphatic heterocycles. The van der Waals surface area contributed by atoms with E-state index in [0.29, 0.717) is 6.42 Å². The van der Waals surface area contributed by atoms with Crippen LogP contribution in [-0.2, 0) is 9.53 Å². The van der Waals surface area contributed by atoms with E-state index in [9.17, 15) is 4.79 Å². The van der Waals surface area contributed by atoms with Gasteiger partial charge in [0.15, 0.2) is 0 Å². The van der Waals surface area contributed by atoms with Crippen LogP contribution in [0.2, 0.25) is 0 Å². The molecule has 0 radical (unpaired) electrons. The van der Waals surface area contributed by atoms with Crippen LogP contribution < -0.4 is 5.32 Å². The van der Waals surface area contributed by atoms with Crippen LogP contribution in [0.4, 0.5) is 0 Å². The summed E-state index contributed by atoms with van der Waals surface area (Å²) in [6.07, 6.45) is 7.25. The fraction of sp³-hybridized carbons (Fsp3) is 0.917. The van der Waals surface area contributed by atoms with Gasteiger partial charge in [0.2, 0.25) is 5.91 Å². The second-order valence-electron chi connectivity index (χ2n) is 4.29. The van der Waals surface area contributed by atoms with Gasteiger partial charge in [-0.05, 0) is 25.7 Å². The van der Waals surface area contributed by atoms with Gasteiger partial charge in [-0.3, -0.25) is 4.79 Å². The van der Waals surface area contributed by atoms with E-state index in [1.807, 2.05) is 0 Å². The number of halogens is 1. The third-order valence-corrected chi connectivity index (χ3v) is 3.09. The van der Waals surface area contributed by atoms with Crippen LogP contribution in [0.3, 0.4) is 0 Å². The highest BCUT2D eigenvalue weighted by atomic mass is 35.5. The lowest BCUT2D eigenvalue weighted by molar-refractivity contribution is -0.123. The summed E-state index contributed by atoms with van der Waals surface area (Å²) in [5, 5.41) is 2.93. The fourth-order valence-electron chi connectivity index (χ4n) is 1.89. The van der Waals surface area contributed by atoms with Crippen molar-refractivity contribution in [2.24, 2.45) is 0 Å². The first-order valence-electron chi connectivity index (χ1n) is 6.27. The molecule has 1 atom stereocenters. The Balaban J connectivity index is 1.89. The van der Waals surface area contributed by atoms with Crippen LogP contribution >= 0.6 is 11.6 Å². The summed E-state index contributed by atoms with van der Waals surface area (Å²) >= 11 is 5.58. The Morgan fingerprint density at radius 3 is 2.81 bits per heavy atom. The number of carbonyl (C=O) groups is 1. The highest BCUT2D eigenvalue weighted by Crippen LogP contribution is 2.14. The van der Waals surface area contributed by atoms with Gasteiger partial charge in [0.1, 0.15) is 0 Å². The minimum Gasteiger partial charge on any atom is -0.378 e. The highest BCUT2D eigenvalue weighted by Gasteiger charge is 2.18. The number of alkyl halides is 1. The maximum absolute atomic E-state index is 11.5. The zero-order chi connectivity index (χ0) is 11.6. The summed E-state index contributed by atoms with van der Waals surface area (Å²) < 4.78 is 5.41. The number of carbonyl (C=O) groups excluding carboxylic acids is 1. The minimum atomic E-state index is 0.129. The molecule has 1 amide bonds. The maximum Gasteiger partial charge on any atom is 0.222 e. The average Bonchev–Trinajstić information content (AvgIpc) is 2.76. The molecule has 0 bridgehead atoms. The van der Waals surface area contributed by atoms with Gasteiger partial charge in [-0.15, -0.1) is 11.6 Å². The van der Waals surface area contributed by atoms with Gasteiger partial charge in [-0.2, -0.15) is 0 Å². The molecular weight excluding hydrogens is 226 g/mol. The van der Waals surface area contributed by atoms with Gasteiger partial charge in [-0.1, -0.05) is 12.8 Å². The molecule has 0 aliphatic carbocycles. The largest absolute Gasteiger partial charge is 0.378 e. The van der Waals surface area contributed by atoms with Crippen LogP contribution in [0.15, 0.2) is 0 Å². The van der Waals surface area contributed by atoms with E-state index in [1.165, 1.54) is 0 Å². The Hall–Kier alpha value is -0.280. The van der Waals surface area contributed by atoms with E-state index in [-0.39, 0.29) is 12.0 Å². The van der Waals surface area contributed by atoms with E-state index in [0.717, 1.165) is 57.6 Å². The lowest BCUT2D eigenvalue weighted by atomic mass is 10.1. The van der Waals surface area contributed by atoms with Crippen molar-refractivity contribution in [2.45, 2.75) is 51.0 Å². The van der Waals surface area contributed by atoms with Crippen molar-refractivity contribution in [3.05, 3.63) is 0 Å². The Labute approximate surface area is 103 Å². The summed E-state index contributed by atoms with van der Waals surface area (Å²) in [5.41, 5.74) is 0. The summed E-state index contributed by atoms with van der Waals surface area (Å²) in [5.74, 6) is 0.870. The Morgan fingerprint density at radius 2 is 2.12 bits per heavy atom. The second-order valence-corrected chi connectivity index (χ2v) is 4.67. The molecule has 4 heteroatoms. The first kappa shape index (κ1) is 13.8. The molecule has 1 aliphatic rings. The lowest BCUT2D eigenvalue weighted by Gasteiger charge is -2.09. The topological polar surface area (TPSA) is 38.3 Å². The number of ether oxygens (including phenoxy) is 1. The predicted octanol–water partition coefficient (Wildman–Crippen LogP) is 2.47. The van der Waals surface area contributed by atoms with Gasteiger partial charge >= 0.3 is 0 Å². The number of nitrogens with one attached hydrogen (secondary N) is 1. The van der Waals surface area contributed by atoms with E-state index in [1.54, 1.807) is 0 Å². The molecule has 3 nitrogen and oxygen atoms in total. The third kappa shape index (κ3) is 6.33. The molecule has 1 saturated heterocycles. The molecule has 1 fully saturated rings. The van der Waals surface area contributed by atoms with Crippen molar-refractivity contribution >= 4 is 17.5 Å². The van der Waals surface area contributed by atoms with Crippen molar-refractivity contribution in [2.75, 3.05) is 19.0 Å². The molecule has 94 valence electrons. The number of unbranched alkanes of at least 4 members (excludes halogenated alkanes) is 3. The highest BCUT2D eigenvalue weighted by molar-refractivity contribution is 6.17. The van der Waals surface area contributed by atoms with E-state index < -0.39 is 0 Å². The Morgan fingerprint density at radius 1 is 1.31 bits per heavy atom. The molecule has 16 heavy (non-hydrogen) atoms. The number of hydrogen-bond acceptors (Lipinski definition) is 2. The summed E-state index contributed by atoms with van der Waals surface area (Å²) in [6, 6.07) is 0. The summed E-state index contributed by atoms with van der Waals surface area (Å²) in [4.78, 5) is 11.5. The average molecular weight is 248 g/mol. The van der Waals surface area contributed by atoms with Crippen molar-refractivity contribution in [1.82, 2.24) is 5.32 Å². The number of hydrogen-bond donors (Lipinski definition) is 1. The van der Waals surface area contributed by atoms with Gasteiger partial charge in [0.25, 0.3) is 0 Å². The standard InChI is InChI=1S/C12H22ClNO2/c13-7-3-1-2-4-8-14-12(15)10-11-6-5-9-16-11/h11H,1-10H2,(H,14,15). The smallest absolute Gasteiger partial charge is 0.222 e. The summed E-state index contributed by atoms with van der Waals surface area (Å²) in [7, 11) is 0. The van der Waals surface area contributed by atoms with Crippen molar-refractivity contribution in [3.8, 4) is 0 Å². The minimum absolute atomic E-state index is 0.129. The fourth-order valence-corrected chi connectivity index (χ4v) is 2.07. The van der Waals surface area contributed by atoms with Crippen LogP contribution in [0.25, 0.3) is 0 Å². The van der Waals surface area contributed by atoms with Gasteiger partial charge in [0.05, 0.1) is 12.5 Å². The Kier molecular flexibility index (Phi) is 7.60. The monoisotopic (exact) mass is 247 g/mol. The lowest BCUT2D eigenvalue weighted by Crippen LogP contribution is -2.28. The van der Waals surface area contributed by atoms with Gasteiger partial charge in [-0.25, -0.2) is 0 Å². The van der Waals surface area contributed by atoms with E-state index in [4.69, 9.17) is 16.3 Å². The molecule has 0 aromatic rings. The van der Waals surface area contributed by atoms with Crippen molar-refractivity contribution in [1.29, 1.82) is 0 Å². The summed E-state index contributed by atoms with van der Waals surface area (Å²) in [6.45, 7) is 1.60. The number of rotatable bonds is 8. The second kappa shape index (κ2) is 8.82. The number of amides is 1. The van der Waals surface area contributed by atoms with Crippen LogP contribution in [-0.4, -0.2) is 31.0 Å². The molecule has 0 spiro atoms. The van der Waals surface area contributed by atoms with E-state index in [2.05, 4.69) is 5.32 Å². The van der Waals surface area contributed by atoms with Crippen molar-refractivity contribution < 1.29 is 9.53 Å². The molecule has 0 aromatic carbocycles. The zero-order valence-corrected chi connectivity index (χ0v) is 10.6. The molecular formula is C12H22ClNO2. The molecule has 1 heterocycles. The van der Waals surface area contributed by atoms with Crippen LogP contribution in [0.1, 0.15) is 44.9 Å². The Bertz CT molecular complexity index is 193. The quantitative estimate of drug-likeness (QED) is 0.529. The maximum atomic E-state index is 11.5.